The molecule has 1 fully saturated rings. The van der Waals surface area contributed by atoms with E-state index in [1.807, 2.05) is 13.8 Å². The third-order valence-electron chi connectivity index (χ3n) is 2.87. The van der Waals surface area contributed by atoms with Crippen molar-refractivity contribution in [3.05, 3.63) is 18.0 Å². The Morgan fingerprint density at radius 1 is 1.58 bits per heavy atom. The highest BCUT2D eigenvalue weighted by atomic mass is 16.5. The predicted molar refractivity (Wildman–Crippen MR) is 67.5 cm³/mol. The van der Waals surface area contributed by atoms with Crippen LogP contribution >= 0.6 is 0 Å². The molecule has 7 nitrogen and oxygen atoms in total. The molecule has 1 aliphatic heterocycles. The van der Waals surface area contributed by atoms with E-state index in [-0.39, 0.29) is 24.5 Å². The first-order valence-electron chi connectivity index (χ1n) is 6.27. The fourth-order valence-corrected chi connectivity index (χ4v) is 1.98. The van der Waals surface area contributed by atoms with Crippen LogP contribution in [0.1, 0.15) is 24.2 Å². The van der Waals surface area contributed by atoms with E-state index in [0.29, 0.717) is 18.7 Å². The number of nitrogens with zero attached hydrogens (tertiary/aromatic N) is 2. The summed E-state index contributed by atoms with van der Waals surface area (Å²) in [6.45, 7) is 4.82. The van der Waals surface area contributed by atoms with Crippen LogP contribution in [-0.4, -0.2) is 58.8 Å². The average Bonchev–Trinajstić information content (AvgIpc) is 2.91. The van der Waals surface area contributed by atoms with Gasteiger partial charge in [-0.1, -0.05) is 0 Å². The van der Waals surface area contributed by atoms with Crippen LogP contribution in [0.5, 0.6) is 0 Å². The molecular weight excluding hydrogens is 248 g/mol. The van der Waals surface area contributed by atoms with Crippen LogP contribution in [0.25, 0.3) is 0 Å². The van der Waals surface area contributed by atoms with Crippen molar-refractivity contribution in [2.45, 2.75) is 25.9 Å². The lowest BCUT2D eigenvalue weighted by Gasteiger charge is -2.34. The molecule has 2 heterocycles. The Kier molecular flexibility index (Phi) is 4.16. The number of carbonyl (C=O) groups is 2. The number of morpholine rings is 1. The zero-order valence-electron chi connectivity index (χ0n) is 11.0. The summed E-state index contributed by atoms with van der Waals surface area (Å²) in [4.78, 5) is 25.9. The van der Waals surface area contributed by atoms with E-state index >= 15 is 0 Å². The second kappa shape index (κ2) is 5.83. The first-order valence-corrected chi connectivity index (χ1v) is 6.27. The van der Waals surface area contributed by atoms with Crippen molar-refractivity contribution in [3.8, 4) is 0 Å². The summed E-state index contributed by atoms with van der Waals surface area (Å²) in [6, 6.07) is -0.557. The van der Waals surface area contributed by atoms with E-state index in [1.54, 1.807) is 0 Å². The molecular formula is C12H18N4O3. The summed E-state index contributed by atoms with van der Waals surface area (Å²) in [5, 5.41) is 9.16. The standard InChI is InChI=1S/C12H18N4O3/c1-8(2)15-11(17)10-7-19-4-3-16(10)12(18)9-5-13-14-6-9/h5-6,8,10H,3-4,7H2,1-2H3,(H,13,14)(H,15,17). The second-order valence-corrected chi connectivity index (χ2v) is 4.74. The van der Waals surface area contributed by atoms with Gasteiger partial charge >= 0.3 is 0 Å². The smallest absolute Gasteiger partial charge is 0.257 e. The molecule has 2 rings (SSSR count). The number of hydrogen-bond donors (Lipinski definition) is 2. The molecule has 0 saturated carbocycles. The molecule has 0 spiro atoms. The zero-order chi connectivity index (χ0) is 13.8. The zero-order valence-corrected chi connectivity index (χ0v) is 11.0. The van der Waals surface area contributed by atoms with E-state index in [1.165, 1.54) is 17.3 Å². The van der Waals surface area contributed by atoms with E-state index in [2.05, 4.69) is 15.5 Å². The van der Waals surface area contributed by atoms with E-state index < -0.39 is 6.04 Å². The number of aromatic amines is 1. The van der Waals surface area contributed by atoms with Gasteiger partial charge in [-0.25, -0.2) is 0 Å². The number of nitrogens with one attached hydrogen (secondary N) is 2. The van der Waals surface area contributed by atoms with Crippen LogP contribution < -0.4 is 5.32 Å². The molecule has 1 saturated heterocycles. The van der Waals surface area contributed by atoms with E-state index in [4.69, 9.17) is 4.74 Å². The SMILES string of the molecule is CC(C)NC(=O)C1COCCN1C(=O)c1cn[nH]c1. The summed E-state index contributed by atoms with van der Waals surface area (Å²) in [5.41, 5.74) is 0.448. The van der Waals surface area contributed by atoms with Crippen LogP contribution in [0.15, 0.2) is 12.4 Å². The van der Waals surface area contributed by atoms with Crippen molar-refractivity contribution in [1.82, 2.24) is 20.4 Å². The van der Waals surface area contributed by atoms with Crippen molar-refractivity contribution in [3.63, 3.8) is 0 Å². The van der Waals surface area contributed by atoms with Gasteiger partial charge in [-0.05, 0) is 13.8 Å². The van der Waals surface area contributed by atoms with Crippen LogP contribution in [0.4, 0.5) is 0 Å². The van der Waals surface area contributed by atoms with Gasteiger partial charge < -0.3 is 15.0 Å². The van der Waals surface area contributed by atoms with Gasteiger partial charge in [0.25, 0.3) is 5.91 Å². The van der Waals surface area contributed by atoms with Crippen molar-refractivity contribution in [2.75, 3.05) is 19.8 Å². The molecule has 104 valence electrons. The van der Waals surface area contributed by atoms with Gasteiger partial charge in [0.05, 0.1) is 25.0 Å². The lowest BCUT2D eigenvalue weighted by Crippen LogP contribution is -2.56. The topological polar surface area (TPSA) is 87.3 Å². The number of carbonyl (C=O) groups excluding carboxylic acids is 2. The number of rotatable bonds is 3. The number of amides is 2. The minimum Gasteiger partial charge on any atom is -0.377 e. The first kappa shape index (κ1) is 13.5. The van der Waals surface area contributed by atoms with Gasteiger partial charge in [-0.15, -0.1) is 0 Å². The Hall–Kier alpha value is -1.89. The molecule has 2 N–H and O–H groups in total. The van der Waals surface area contributed by atoms with E-state index in [0.717, 1.165) is 0 Å². The van der Waals surface area contributed by atoms with Crippen molar-refractivity contribution >= 4 is 11.8 Å². The van der Waals surface area contributed by atoms with Crippen LogP contribution in [0.2, 0.25) is 0 Å². The molecule has 1 aromatic heterocycles. The molecule has 19 heavy (non-hydrogen) atoms. The highest BCUT2D eigenvalue weighted by molar-refractivity contribution is 5.97. The molecule has 0 bridgehead atoms. The van der Waals surface area contributed by atoms with Gasteiger partial charge in [0.1, 0.15) is 6.04 Å². The summed E-state index contributed by atoms with van der Waals surface area (Å²) >= 11 is 0. The third kappa shape index (κ3) is 3.11. The first-order chi connectivity index (χ1) is 9.09. The maximum Gasteiger partial charge on any atom is 0.257 e. The fourth-order valence-electron chi connectivity index (χ4n) is 1.98. The van der Waals surface area contributed by atoms with Gasteiger partial charge in [-0.3, -0.25) is 14.7 Å². The van der Waals surface area contributed by atoms with Crippen LogP contribution in [0, 0.1) is 0 Å². The van der Waals surface area contributed by atoms with Crippen molar-refractivity contribution in [2.24, 2.45) is 0 Å². The molecule has 7 heteroatoms. The molecule has 1 aliphatic rings. The van der Waals surface area contributed by atoms with Gasteiger partial charge in [0.2, 0.25) is 5.91 Å². The van der Waals surface area contributed by atoms with Crippen molar-refractivity contribution < 1.29 is 14.3 Å². The molecule has 0 radical (unpaired) electrons. The number of hydrogen-bond acceptors (Lipinski definition) is 4. The Morgan fingerprint density at radius 3 is 3.00 bits per heavy atom. The number of ether oxygens (including phenoxy) is 1. The second-order valence-electron chi connectivity index (χ2n) is 4.74. The molecule has 1 unspecified atom stereocenters. The van der Waals surface area contributed by atoms with Gasteiger partial charge in [-0.2, -0.15) is 5.10 Å². The Bertz CT molecular complexity index is 444. The molecule has 0 aliphatic carbocycles. The maximum atomic E-state index is 12.3. The quantitative estimate of drug-likeness (QED) is 0.791. The number of H-pyrrole nitrogens is 1. The summed E-state index contributed by atoms with van der Waals surface area (Å²) in [7, 11) is 0. The lowest BCUT2D eigenvalue weighted by atomic mass is 10.1. The van der Waals surface area contributed by atoms with Gasteiger partial charge in [0, 0.05) is 18.8 Å². The Balaban J connectivity index is 2.12. The predicted octanol–water partition coefficient (Wildman–Crippen LogP) is -0.225. The summed E-state index contributed by atoms with van der Waals surface area (Å²) in [5.74, 6) is -0.396. The van der Waals surface area contributed by atoms with Crippen LogP contribution in [0.3, 0.4) is 0 Å². The van der Waals surface area contributed by atoms with Gasteiger partial charge in [0.15, 0.2) is 0 Å². The Morgan fingerprint density at radius 2 is 2.37 bits per heavy atom. The summed E-state index contributed by atoms with van der Waals surface area (Å²) in [6.07, 6.45) is 2.98. The average molecular weight is 266 g/mol. The fraction of sp³-hybridized carbons (Fsp3) is 0.583. The third-order valence-corrected chi connectivity index (χ3v) is 2.87. The minimum atomic E-state index is -0.585. The molecule has 2 amide bonds. The van der Waals surface area contributed by atoms with E-state index in [9.17, 15) is 9.59 Å². The summed E-state index contributed by atoms with van der Waals surface area (Å²) < 4.78 is 5.30. The van der Waals surface area contributed by atoms with Crippen LogP contribution in [-0.2, 0) is 9.53 Å². The lowest BCUT2D eigenvalue weighted by molar-refractivity contribution is -0.131. The molecule has 0 aromatic carbocycles. The highest BCUT2D eigenvalue weighted by Crippen LogP contribution is 2.12. The molecule has 1 aromatic rings. The number of aromatic nitrogens is 2. The van der Waals surface area contributed by atoms with Crippen molar-refractivity contribution in [1.29, 1.82) is 0 Å². The normalized spacial score (nSPS) is 19.5. The monoisotopic (exact) mass is 266 g/mol. The maximum absolute atomic E-state index is 12.3. The molecule has 1 atom stereocenters. The largest absolute Gasteiger partial charge is 0.377 e. The Labute approximate surface area is 111 Å². The minimum absolute atomic E-state index is 0.0281. The highest BCUT2D eigenvalue weighted by Gasteiger charge is 2.33.